The third-order valence-corrected chi connectivity index (χ3v) is 10.4. The molecule has 0 spiro atoms. The number of hydrogen-bond acceptors (Lipinski definition) is 2. The fraction of sp³-hybridized carbons (Fsp3) is 0. The van der Waals surface area contributed by atoms with Crippen molar-refractivity contribution >= 4 is 65.4 Å². The van der Waals surface area contributed by atoms with Gasteiger partial charge in [0.1, 0.15) is 5.52 Å². The van der Waals surface area contributed by atoms with Crippen molar-refractivity contribution in [1.82, 2.24) is 19.1 Å². The van der Waals surface area contributed by atoms with E-state index in [1.807, 2.05) is 12.1 Å². The van der Waals surface area contributed by atoms with Crippen molar-refractivity contribution in [3.05, 3.63) is 182 Å². The second-order valence-corrected chi connectivity index (χ2v) is 13.4. The van der Waals surface area contributed by atoms with E-state index in [1.165, 1.54) is 37.8 Å². The van der Waals surface area contributed by atoms with Crippen molar-refractivity contribution in [2.45, 2.75) is 0 Å². The fourth-order valence-electron chi connectivity index (χ4n) is 8.12. The van der Waals surface area contributed by atoms with Gasteiger partial charge in [-0.2, -0.15) is 0 Å². The molecule has 0 unspecified atom stereocenters. The van der Waals surface area contributed by atoms with Gasteiger partial charge < -0.3 is 9.13 Å². The molecule has 11 aromatic rings. The summed E-state index contributed by atoms with van der Waals surface area (Å²) in [4.78, 5) is 10.8. The highest BCUT2D eigenvalue weighted by molar-refractivity contribution is 6.21. The van der Waals surface area contributed by atoms with Crippen LogP contribution in [0.15, 0.2) is 182 Å². The summed E-state index contributed by atoms with van der Waals surface area (Å²) < 4.78 is 4.81. The molecule has 0 amide bonds. The standard InChI is InChI=1S/C48H30N4/c1-4-15-31(16-5-1)46-47(32-17-6-2-7-18-32)50-48-40(49-46)24-14-26-42(48)52-41-25-13-12-23-36(41)38-29-39-37-27-33-19-10-11-20-34(33)28-43(37)51(44(39)30-45(38)52)35-21-8-3-9-22-35/h1-30H. The van der Waals surface area contributed by atoms with Gasteiger partial charge in [-0.05, 0) is 65.4 Å². The average Bonchev–Trinajstić information content (AvgIpc) is 3.70. The van der Waals surface area contributed by atoms with Crippen LogP contribution in [0.25, 0.3) is 99.3 Å². The van der Waals surface area contributed by atoms with Crippen LogP contribution in [-0.2, 0) is 0 Å². The van der Waals surface area contributed by atoms with Crippen molar-refractivity contribution in [3.8, 4) is 33.9 Å². The molecular weight excluding hydrogens is 633 g/mol. The Balaban J connectivity index is 1.27. The highest BCUT2D eigenvalue weighted by Gasteiger charge is 2.21. The van der Waals surface area contributed by atoms with Gasteiger partial charge >= 0.3 is 0 Å². The summed E-state index contributed by atoms with van der Waals surface area (Å²) in [5.41, 5.74) is 12.3. The van der Waals surface area contributed by atoms with E-state index in [9.17, 15) is 0 Å². The van der Waals surface area contributed by atoms with Gasteiger partial charge in [-0.1, -0.05) is 127 Å². The van der Waals surface area contributed by atoms with E-state index in [4.69, 9.17) is 9.97 Å². The lowest BCUT2D eigenvalue weighted by molar-refractivity contribution is 1.16. The molecule has 4 heteroatoms. The second-order valence-electron chi connectivity index (χ2n) is 13.4. The van der Waals surface area contributed by atoms with Crippen LogP contribution in [-0.4, -0.2) is 19.1 Å². The maximum atomic E-state index is 5.50. The molecule has 0 fully saturated rings. The molecule has 3 heterocycles. The van der Waals surface area contributed by atoms with Gasteiger partial charge in [0.15, 0.2) is 0 Å². The smallest absolute Gasteiger partial charge is 0.113 e. The lowest BCUT2D eigenvalue weighted by Crippen LogP contribution is -2.01. The molecule has 0 saturated carbocycles. The summed E-state index contributed by atoms with van der Waals surface area (Å²) in [6, 6.07) is 64.7. The SMILES string of the molecule is c1ccc(-c2nc3cccc(-n4c5ccccc5c5cc6c7cc8ccccc8cc7n(-c7ccccc7)c6cc54)c3nc2-c2ccccc2)cc1. The zero-order valence-corrected chi connectivity index (χ0v) is 28.1. The number of para-hydroxylation sites is 3. The lowest BCUT2D eigenvalue weighted by Gasteiger charge is -2.15. The van der Waals surface area contributed by atoms with Crippen LogP contribution in [0.2, 0.25) is 0 Å². The van der Waals surface area contributed by atoms with E-state index < -0.39 is 0 Å². The Hall–Kier alpha value is -7.04. The van der Waals surface area contributed by atoms with Crippen LogP contribution in [0.4, 0.5) is 0 Å². The average molecular weight is 663 g/mol. The molecule has 3 aromatic heterocycles. The van der Waals surface area contributed by atoms with E-state index in [1.54, 1.807) is 0 Å². The van der Waals surface area contributed by atoms with Crippen LogP contribution in [0.3, 0.4) is 0 Å². The number of fused-ring (bicyclic) bond motifs is 8. The highest BCUT2D eigenvalue weighted by Crippen LogP contribution is 2.42. The number of benzene rings is 8. The Morgan fingerprint density at radius 2 is 0.904 bits per heavy atom. The van der Waals surface area contributed by atoms with E-state index in [2.05, 4.69) is 179 Å². The van der Waals surface area contributed by atoms with Crippen LogP contribution in [0.5, 0.6) is 0 Å². The van der Waals surface area contributed by atoms with Gasteiger partial charge in [0.05, 0.1) is 44.7 Å². The molecule has 0 atom stereocenters. The molecule has 11 rings (SSSR count). The fourth-order valence-corrected chi connectivity index (χ4v) is 8.12. The Morgan fingerprint density at radius 3 is 1.65 bits per heavy atom. The predicted molar refractivity (Wildman–Crippen MR) is 217 cm³/mol. The van der Waals surface area contributed by atoms with E-state index in [0.29, 0.717) is 0 Å². The summed E-state index contributed by atoms with van der Waals surface area (Å²) in [5.74, 6) is 0. The lowest BCUT2D eigenvalue weighted by atomic mass is 10.0. The zero-order valence-electron chi connectivity index (χ0n) is 28.1. The van der Waals surface area contributed by atoms with Crippen molar-refractivity contribution < 1.29 is 0 Å². The molecule has 0 N–H and O–H groups in total. The molecule has 0 aliphatic carbocycles. The predicted octanol–water partition coefficient (Wildman–Crippen LogP) is 12.3. The molecule has 52 heavy (non-hydrogen) atoms. The Kier molecular flexibility index (Phi) is 6.22. The number of rotatable bonds is 4. The first-order valence-electron chi connectivity index (χ1n) is 17.7. The number of aromatic nitrogens is 4. The van der Waals surface area contributed by atoms with Gasteiger partial charge in [-0.3, -0.25) is 0 Å². The Labute approximate surface area is 299 Å². The van der Waals surface area contributed by atoms with E-state index in [0.717, 1.165) is 61.5 Å². The number of nitrogens with zero attached hydrogens (tertiary/aromatic N) is 4. The molecule has 0 radical (unpaired) electrons. The van der Waals surface area contributed by atoms with Crippen molar-refractivity contribution in [2.24, 2.45) is 0 Å². The summed E-state index contributed by atoms with van der Waals surface area (Å²) in [7, 11) is 0. The third-order valence-electron chi connectivity index (χ3n) is 10.4. The van der Waals surface area contributed by atoms with Gasteiger partial charge in [-0.15, -0.1) is 0 Å². The quantitative estimate of drug-likeness (QED) is 0.188. The minimum atomic E-state index is 0.855. The molecule has 8 aromatic carbocycles. The maximum Gasteiger partial charge on any atom is 0.113 e. The van der Waals surface area contributed by atoms with Crippen molar-refractivity contribution in [2.75, 3.05) is 0 Å². The summed E-state index contributed by atoms with van der Waals surface area (Å²) in [6.07, 6.45) is 0. The van der Waals surface area contributed by atoms with Crippen LogP contribution >= 0.6 is 0 Å². The van der Waals surface area contributed by atoms with Gasteiger partial charge in [-0.25, -0.2) is 9.97 Å². The first kappa shape index (κ1) is 28.8. The van der Waals surface area contributed by atoms with Crippen molar-refractivity contribution in [1.29, 1.82) is 0 Å². The van der Waals surface area contributed by atoms with Crippen molar-refractivity contribution in [3.63, 3.8) is 0 Å². The largest absolute Gasteiger partial charge is 0.309 e. The minimum absolute atomic E-state index is 0.855. The molecule has 0 aliphatic heterocycles. The first-order chi connectivity index (χ1) is 25.8. The topological polar surface area (TPSA) is 35.6 Å². The summed E-state index contributed by atoms with van der Waals surface area (Å²) in [5, 5.41) is 7.35. The van der Waals surface area contributed by atoms with Gasteiger partial charge in [0, 0.05) is 38.4 Å². The van der Waals surface area contributed by atoms with E-state index in [-0.39, 0.29) is 0 Å². The van der Waals surface area contributed by atoms with Crippen LogP contribution < -0.4 is 0 Å². The molecule has 0 saturated heterocycles. The molecule has 242 valence electrons. The maximum absolute atomic E-state index is 5.50. The van der Waals surface area contributed by atoms with Gasteiger partial charge in [0.25, 0.3) is 0 Å². The summed E-state index contributed by atoms with van der Waals surface area (Å²) in [6.45, 7) is 0. The zero-order chi connectivity index (χ0) is 34.2. The highest BCUT2D eigenvalue weighted by atomic mass is 15.0. The first-order valence-corrected chi connectivity index (χ1v) is 17.7. The third kappa shape index (κ3) is 4.28. The minimum Gasteiger partial charge on any atom is -0.309 e. The summed E-state index contributed by atoms with van der Waals surface area (Å²) >= 11 is 0. The monoisotopic (exact) mass is 662 g/mol. The second kappa shape index (κ2) is 11.2. The van der Waals surface area contributed by atoms with Crippen LogP contribution in [0.1, 0.15) is 0 Å². The normalized spacial score (nSPS) is 11.8. The Morgan fingerprint density at radius 1 is 0.346 bits per heavy atom. The molecule has 4 nitrogen and oxygen atoms in total. The van der Waals surface area contributed by atoms with Crippen LogP contribution in [0, 0.1) is 0 Å². The Bertz CT molecular complexity index is 3160. The van der Waals surface area contributed by atoms with E-state index >= 15 is 0 Å². The van der Waals surface area contributed by atoms with Gasteiger partial charge in [0.2, 0.25) is 0 Å². The number of hydrogen-bond donors (Lipinski definition) is 0. The molecular formula is C48H30N4. The molecule has 0 bridgehead atoms. The molecule has 0 aliphatic rings.